The summed E-state index contributed by atoms with van der Waals surface area (Å²) < 4.78 is 5.59. The average Bonchev–Trinajstić information content (AvgIpc) is 2.71. The van der Waals surface area contributed by atoms with Crippen molar-refractivity contribution in [1.82, 2.24) is 4.90 Å². The van der Waals surface area contributed by atoms with Crippen molar-refractivity contribution in [3.05, 3.63) is 62.6 Å². The van der Waals surface area contributed by atoms with Crippen LogP contribution in [0.2, 0.25) is 10.0 Å². The second kappa shape index (κ2) is 13.3. The number of para-hydroxylation sites is 1. The van der Waals surface area contributed by atoms with Gasteiger partial charge in [-0.1, -0.05) is 29.3 Å². The molecule has 10 nitrogen and oxygen atoms in total. The largest absolute Gasteiger partial charge is 0.492 e. The zero-order valence-corrected chi connectivity index (χ0v) is 18.0. The summed E-state index contributed by atoms with van der Waals surface area (Å²) in [7, 11) is 1.98. The predicted molar refractivity (Wildman–Crippen MR) is 116 cm³/mol. The summed E-state index contributed by atoms with van der Waals surface area (Å²) in [6.07, 6.45) is 0. The first-order valence-corrected chi connectivity index (χ1v) is 9.57. The fourth-order valence-electron chi connectivity index (χ4n) is 2.13. The molecule has 0 saturated carbocycles. The fourth-order valence-corrected chi connectivity index (χ4v) is 2.66. The highest BCUT2D eigenvalue weighted by atomic mass is 35.5. The Kier molecular flexibility index (Phi) is 11.1. The molecule has 0 aromatic heterocycles. The van der Waals surface area contributed by atoms with Crippen molar-refractivity contribution in [2.75, 3.05) is 38.6 Å². The summed E-state index contributed by atoms with van der Waals surface area (Å²) in [5.41, 5.74) is 0.787. The minimum atomic E-state index is -1.82. The standard InChI is InChI=1S/C17H19Cl2N3O3.C2H2O4/c1-21(10-9-20-17-15(18)3-2-4-16(17)19)11-12-25-14-7-5-13(6-8-14)22(23)24;3-1(4)2(5)6/h2-8,20H,9-12H2,1H3;(H,3,4)(H,5,6). The summed E-state index contributed by atoms with van der Waals surface area (Å²) in [5.74, 6) is -3.04. The predicted octanol–water partition coefficient (Wildman–Crippen LogP) is 3.48. The van der Waals surface area contributed by atoms with Crippen LogP contribution in [0.5, 0.6) is 5.75 Å². The van der Waals surface area contributed by atoms with Gasteiger partial charge in [0.1, 0.15) is 12.4 Å². The third-order valence-electron chi connectivity index (χ3n) is 3.73. The fraction of sp³-hybridized carbons (Fsp3) is 0.263. The number of nitrogens with one attached hydrogen (secondary N) is 1. The Morgan fingerprint density at radius 3 is 2.10 bits per heavy atom. The average molecular weight is 474 g/mol. The highest BCUT2D eigenvalue weighted by Crippen LogP contribution is 2.29. The van der Waals surface area contributed by atoms with E-state index in [9.17, 15) is 10.1 Å². The molecule has 0 bridgehead atoms. The Morgan fingerprint density at radius 1 is 1.06 bits per heavy atom. The van der Waals surface area contributed by atoms with Gasteiger partial charge in [0.15, 0.2) is 0 Å². The van der Waals surface area contributed by atoms with Gasteiger partial charge in [-0.3, -0.25) is 10.1 Å². The summed E-state index contributed by atoms with van der Waals surface area (Å²) in [5, 5.41) is 29.8. The highest BCUT2D eigenvalue weighted by molar-refractivity contribution is 6.39. The number of aliphatic carboxylic acids is 2. The molecule has 12 heteroatoms. The number of nitrogens with zero attached hydrogens (tertiary/aromatic N) is 2. The van der Waals surface area contributed by atoms with Gasteiger partial charge in [-0.15, -0.1) is 0 Å². The van der Waals surface area contributed by atoms with Gasteiger partial charge in [-0.05, 0) is 31.3 Å². The van der Waals surface area contributed by atoms with E-state index in [0.29, 0.717) is 28.9 Å². The second-order valence-corrected chi connectivity index (χ2v) is 6.85. The number of non-ortho nitro benzene ring substituents is 1. The third-order valence-corrected chi connectivity index (χ3v) is 4.36. The minimum absolute atomic E-state index is 0.0498. The van der Waals surface area contributed by atoms with Gasteiger partial charge >= 0.3 is 11.9 Å². The van der Waals surface area contributed by atoms with Gasteiger partial charge in [0.05, 0.1) is 20.7 Å². The number of nitro benzene ring substituents is 1. The van der Waals surface area contributed by atoms with E-state index < -0.39 is 16.9 Å². The number of anilines is 1. The van der Waals surface area contributed by atoms with Gasteiger partial charge in [-0.2, -0.15) is 0 Å². The molecule has 0 atom stereocenters. The number of benzene rings is 2. The Hall–Kier alpha value is -3.08. The third kappa shape index (κ3) is 9.98. The van der Waals surface area contributed by atoms with Gasteiger partial charge in [0, 0.05) is 31.8 Å². The van der Waals surface area contributed by atoms with E-state index in [1.165, 1.54) is 12.1 Å². The molecule has 2 aromatic carbocycles. The zero-order chi connectivity index (χ0) is 23.4. The molecule has 0 fully saturated rings. The minimum Gasteiger partial charge on any atom is -0.492 e. The second-order valence-electron chi connectivity index (χ2n) is 6.04. The molecule has 0 unspecified atom stereocenters. The highest BCUT2D eigenvalue weighted by Gasteiger charge is 2.07. The Morgan fingerprint density at radius 2 is 1.61 bits per heavy atom. The molecule has 0 saturated heterocycles. The van der Waals surface area contributed by atoms with Crippen LogP contribution in [0.4, 0.5) is 11.4 Å². The molecule has 2 rings (SSSR count). The molecular weight excluding hydrogens is 453 g/mol. The van der Waals surface area contributed by atoms with Crippen LogP contribution in [0.3, 0.4) is 0 Å². The maximum absolute atomic E-state index is 10.6. The molecule has 0 aliphatic heterocycles. The smallest absolute Gasteiger partial charge is 0.414 e. The number of ether oxygens (including phenoxy) is 1. The monoisotopic (exact) mass is 473 g/mol. The van der Waals surface area contributed by atoms with Crippen LogP contribution in [-0.2, 0) is 9.59 Å². The molecule has 0 heterocycles. The number of likely N-dealkylation sites (N-methyl/N-ethyl adjacent to an activating group) is 1. The van der Waals surface area contributed by atoms with Crippen molar-refractivity contribution in [2.24, 2.45) is 0 Å². The van der Waals surface area contributed by atoms with Crippen molar-refractivity contribution in [3.8, 4) is 5.75 Å². The van der Waals surface area contributed by atoms with Crippen LogP contribution in [0.1, 0.15) is 0 Å². The van der Waals surface area contributed by atoms with Gasteiger partial charge in [0.25, 0.3) is 5.69 Å². The quantitative estimate of drug-likeness (QED) is 0.283. The molecule has 0 radical (unpaired) electrons. The Balaban J connectivity index is 0.000000703. The van der Waals surface area contributed by atoms with Crippen LogP contribution >= 0.6 is 23.2 Å². The number of carboxylic acid groups (broad SMARTS) is 2. The van der Waals surface area contributed by atoms with Crippen molar-refractivity contribution in [2.45, 2.75) is 0 Å². The van der Waals surface area contributed by atoms with Gasteiger partial charge in [0.2, 0.25) is 0 Å². The molecule has 0 aliphatic carbocycles. The molecule has 0 spiro atoms. The molecule has 31 heavy (non-hydrogen) atoms. The van der Waals surface area contributed by atoms with Crippen molar-refractivity contribution >= 4 is 46.5 Å². The first-order valence-electron chi connectivity index (χ1n) is 8.81. The molecule has 0 amide bonds. The number of carboxylic acids is 2. The van der Waals surface area contributed by atoms with Crippen LogP contribution in [-0.4, -0.2) is 65.3 Å². The van der Waals surface area contributed by atoms with E-state index in [-0.39, 0.29) is 5.69 Å². The molecular formula is C19H21Cl2N3O7. The molecule has 2 aromatic rings. The van der Waals surface area contributed by atoms with Crippen LogP contribution in [0.15, 0.2) is 42.5 Å². The number of hydrogen-bond acceptors (Lipinski definition) is 7. The number of carbonyl (C=O) groups is 2. The van der Waals surface area contributed by atoms with Crippen molar-refractivity contribution in [3.63, 3.8) is 0 Å². The van der Waals surface area contributed by atoms with Gasteiger partial charge in [-0.25, -0.2) is 9.59 Å². The molecule has 168 valence electrons. The van der Waals surface area contributed by atoms with E-state index in [1.54, 1.807) is 30.3 Å². The topological polar surface area (TPSA) is 142 Å². The lowest BCUT2D eigenvalue weighted by molar-refractivity contribution is -0.384. The molecule has 3 N–H and O–H groups in total. The lowest BCUT2D eigenvalue weighted by Crippen LogP contribution is -2.29. The number of rotatable bonds is 9. The van der Waals surface area contributed by atoms with Gasteiger partial charge < -0.3 is 25.2 Å². The maximum atomic E-state index is 10.6. The lowest BCUT2D eigenvalue weighted by Gasteiger charge is -2.18. The maximum Gasteiger partial charge on any atom is 0.414 e. The van der Waals surface area contributed by atoms with E-state index in [0.717, 1.165) is 18.8 Å². The zero-order valence-electron chi connectivity index (χ0n) is 16.5. The summed E-state index contributed by atoms with van der Waals surface area (Å²) in [4.78, 5) is 30.5. The first kappa shape index (κ1) is 26.0. The van der Waals surface area contributed by atoms with E-state index in [4.69, 9.17) is 47.7 Å². The first-order chi connectivity index (χ1) is 14.6. The van der Waals surface area contributed by atoms with Crippen molar-refractivity contribution < 1.29 is 29.5 Å². The lowest BCUT2D eigenvalue weighted by atomic mass is 10.3. The van der Waals surface area contributed by atoms with Crippen LogP contribution < -0.4 is 10.1 Å². The Labute approximate surface area is 188 Å². The number of nitro groups is 1. The number of hydrogen-bond donors (Lipinski definition) is 3. The van der Waals surface area contributed by atoms with E-state index >= 15 is 0 Å². The van der Waals surface area contributed by atoms with Crippen LogP contribution in [0.25, 0.3) is 0 Å². The van der Waals surface area contributed by atoms with Crippen molar-refractivity contribution in [1.29, 1.82) is 0 Å². The SMILES string of the molecule is CN(CCNc1c(Cl)cccc1Cl)CCOc1ccc([N+](=O)[O-])cc1.O=C(O)C(=O)O. The summed E-state index contributed by atoms with van der Waals surface area (Å²) in [6, 6.07) is 11.4. The number of halogens is 2. The Bertz CT molecular complexity index is 862. The summed E-state index contributed by atoms with van der Waals surface area (Å²) in [6.45, 7) is 2.68. The van der Waals surface area contributed by atoms with Crippen LogP contribution in [0, 0.1) is 10.1 Å². The van der Waals surface area contributed by atoms with E-state index in [2.05, 4.69) is 10.2 Å². The normalized spacial score (nSPS) is 10.1. The van der Waals surface area contributed by atoms with E-state index in [1.807, 2.05) is 7.05 Å². The molecule has 0 aliphatic rings. The summed E-state index contributed by atoms with van der Waals surface area (Å²) >= 11 is 12.2.